The molecule has 0 aromatic heterocycles. The van der Waals surface area contributed by atoms with E-state index in [2.05, 4.69) is 31.2 Å². The molecule has 1 nitrogen and oxygen atoms in total. The highest BCUT2D eigenvalue weighted by Crippen LogP contribution is 2.56. The molecule has 0 saturated heterocycles. The molecule has 1 heteroatoms. The highest BCUT2D eigenvalue weighted by atomic mass is 16.3. The average molecular weight is 176 g/mol. The smallest absolute Gasteiger partial charge is 0.0468 e. The molecular weight excluding hydrogens is 160 g/mol. The first kappa shape index (κ1) is 8.76. The Balaban J connectivity index is 2.25. The number of hydrogen-bond donors (Lipinski definition) is 1. The Kier molecular flexibility index (Phi) is 2.12. The van der Waals surface area contributed by atoms with Gasteiger partial charge in [-0.1, -0.05) is 37.3 Å². The van der Waals surface area contributed by atoms with E-state index in [-0.39, 0.29) is 0 Å². The van der Waals surface area contributed by atoms with Crippen LogP contribution < -0.4 is 0 Å². The summed E-state index contributed by atoms with van der Waals surface area (Å²) in [6.07, 6.45) is 2.30. The van der Waals surface area contributed by atoms with Gasteiger partial charge in [-0.05, 0) is 24.3 Å². The van der Waals surface area contributed by atoms with Crippen molar-refractivity contribution in [2.45, 2.75) is 25.2 Å². The van der Waals surface area contributed by atoms with E-state index >= 15 is 0 Å². The van der Waals surface area contributed by atoms with Crippen molar-refractivity contribution in [3.05, 3.63) is 35.9 Å². The third-order valence-electron chi connectivity index (χ3n) is 3.43. The van der Waals surface area contributed by atoms with Crippen LogP contribution in [0.4, 0.5) is 0 Å². The van der Waals surface area contributed by atoms with Crippen LogP contribution in [-0.2, 0) is 5.41 Å². The molecule has 1 aliphatic carbocycles. The van der Waals surface area contributed by atoms with Gasteiger partial charge in [-0.2, -0.15) is 0 Å². The summed E-state index contributed by atoms with van der Waals surface area (Å²) in [5.41, 5.74) is 1.70. The molecule has 1 aliphatic rings. The molecule has 2 rings (SSSR count). The van der Waals surface area contributed by atoms with Gasteiger partial charge in [0.05, 0.1) is 0 Å². The number of aliphatic hydroxyl groups is 1. The summed E-state index contributed by atoms with van der Waals surface area (Å²) in [4.78, 5) is 0. The van der Waals surface area contributed by atoms with Crippen molar-refractivity contribution in [1.29, 1.82) is 0 Å². The molecule has 1 aromatic carbocycles. The van der Waals surface area contributed by atoms with E-state index in [4.69, 9.17) is 5.11 Å². The van der Waals surface area contributed by atoms with Gasteiger partial charge in [-0.3, -0.25) is 0 Å². The Morgan fingerprint density at radius 1 is 1.38 bits per heavy atom. The first-order chi connectivity index (χ1) is 6.33. The summed E-state index contributed by atoms with van der Waals surface area (Å²) >= 11 is 0. The molecule has 0 spiro atoms. The summed E-state index contributed by atoms with van der Waals surface area (Å²) in [7, 11) is 0. The predicted octanol–water partition coefficient (Wildman–Crippen LogP) is 2.35. The van der Waals surface area contributed by atoms with E-state index in [1.54, 1.807) is 0 Å². The Morgan fingerprint density at radius 3 is 2.54 bits per heavy atom. The van der Waals surface area contributed by atoms with Crippen molar-refractivity contribution >= 4 is 0 Å². The zero-order chi connectivity index (χ0) is 9.31. The summed E-state index contributed by atoms with van der Waals surface area (Å²) < 4.78 is 0. The topological polar surface area (TPSA) is 20.2 Å². The van der Waals surface area contributed by atoms with Crippen molar-refractivity contribution in [3.8, 4) is 0 Å². The molecule has 1 N–H and O–H groups in total. The molecule has 0 radical (unpaired) electrons. The van der Waals surface area contributed by atoms with Crippen LogP contribution in [0.3, 0.4) is 0 Å². The average Bonchev–Trinajstić information content (AvgIpc) is 2.94. The maximum absolute atomic E-state index is 9.13. The molecule has 0 heterocycles. The highest BCUT2D eigenvalue weighted by molar-refractivity contribution is 5.33. The van der Waals surface area contributed by atoms with Crippen molar-refractivity contribution in [2.24, 2.45) is 5.92 Å². The van der Waals surface area contributed by atoms with E-state index in [1.807, 2.05) is 6.07 Å². The van der Waals surface area contributed by atoms with Gasteiger partial charge in [-0.25, -0.2) is 0 Å². The molecule has 1 aromatic rings. The molecule has 1 fully saturated rings. The largest absolute Gasteiger partial charge is 0.396 e. The SMILES string of the molecule is CCC1(c2ccccc2)CC1CO. The van der Waals surface area contributed by atoms with Crippen LogP contribution in [0.25, 0.3) is 0 Å². The van der Waals surface area contributed by atoms with Gasteiger partial charge >= 0.3 is 0 Å². The van der Waals surface area contributed by atoms with Crippen molar-refractivity contribution in [1.82, 2.24) is 0 Å². The molecule has 0 aliphatic heterocycles. The van der Waals surface area contributed by atoms with Gasteiger partial charge in [0.2, 0.25) is 0 Å². The minimum Gasteiger partial charge on any atom is -0.396 e. The lowest BCUT2D eigenvalue weighted by atomic mass is 9.91. The molecule has 0 amide bonds. The number of hydrogen-bond acceptors (Lipinski definition) is 1. The second kappa shape index (κ2) is 3.15. The van der Waals surface area contributed by atoms with Crippen LogP contribution in [0.1, 0.15) is 25.3 Å². The van der Waals surface area contributed by atoms with Crippen molar-refractivity contribution in [2.75, 3.05) is 6.61 Å². The van der Waals surface area contributed by atoms with Gasteiger partial charge in [0.1, 0.15) is 0 Å². The first-order valence-corrected chi connectivity index (χ1v) is 5.00. The number of benzene rings is 1. The normalized spacial score (nSPS) is 31.7. The second-order valence-electron chi connectivity index (χ2n) is 3.96. The molecular formula is C12H16O. The fourth-order valence-corrected chi connectivity index (χ4v) is 2.38. The van der Waals surface area contributed by atoms with E-state index < -0.39 is 0 Å². The zero-order valence-electron chi connectivity index (χ0n) is 8.03. The van der Waals surface area contributed by atoms with Gasteiger partial charge < -0.3 is 5.11 Å². The summed E-state index contributed by atoms with van der Waals surface area (Å²) in [5.74, 6) is 0.500. The fourth-order valence-electron chi connectivity index (χ4n) is 2.38. The zero-order valence-corrected chi connectivity index (χ0v) is 8.03. The van der Waals surface area contributed by atoms with Crippen LogP contribution >= 0.6 is 0 Å². The Morgan fingerprint density at radius 2 is 2.08 bits per heavy atom. The van der Waals surface area contributed by atoms with Gasteiger partial charge in [0, 0.05) is 12.0 Å². The quantitative estimate of drug-likeness (QED) is 0.749. The van der Waals surface area contributed by atoms with Crippen LogP contribution in [0.15, 0.2) is 30.3 Å². The molecule has 13 heavy (non-hydrogen) atoms. The number of rotatable bonds is 3. The molecule has 1 saturated carbocycles. The molecule has 0 bridgehead atoms. The monoisotopic (exact) mass is 176 g/mol. The summed E-state index contributed by atoms with van der Waals surface area (Å²) in [6.45, 7) is 2.55. The Hall–Kier alpha value is -0.820. The van der Waals surface area contributed by atoms with E-state index in [0.717, 1.165) is 12.8 Å². The maximum atomic E-state index is 9.13. The molecule has 2 atom stereocenters. The fraction of sp³-hybridized carbons (Fsp3) is 0.500. The highest BCUT2D eigenvalue weighted by Gasteiger charge is 2.52. The lowest BCUT2D eigenvalue weighted by molar-refractivity contribution is 0.262. The van der Waals surface area contributed by atoms with Gasteiger partial charge in [0.25, 0.3) is 0 Å². The lowest BCUT2D eigenvalue weighted by Gasteiger charge is -2.14. The van der Waals surface area contributed by atoms with Crippen LogP contribution in [0, 0.1) is 5.92 Å². The lowest BCUT2D eigenvalue weighted by Crippen LogP contribution is -2.10. The summed E-state index contributed by atoms with van der Waals surface area (Å²) in [5, 5.41) is 9.13. The second-order valence-corrected chi connectivity index (χ2v) is 3.96. The van der Waals surface area contributed by atoms with Gasteiger partial charge in [0.15, 0.2) is 0 Å². The first-order valence-electron chi connectivity index (χ1n) is 5.00. The van der Waals surface area contributed by atoms with E-state index in [0.29, 0.717) is 17.9 Å². The third-order valence-corrected chi connectivity index (χ3v) is 3.43. The number of aliphatic hydroxyl groups excluding tert-OH is 1. The van der Waals surface area contributed by atoms with Crippen molar-refractivity contribution < 1.29 is 5.11 Å². The van der Waals surface area contributed by atoms with E-state index in [9.17, 15) is 0 Å². The van der Waals surface area contributed by atoms with Crippen LogP contribution in [-0.4, -0.2) is 11.7 Å². The molecule has 70 valence electrons. The third kappa shape index (κ3) is 1.28. The minimum absolute atomic E-state index is 0.302. The Labute approximate surface area is 79.4 Å². The molecule has 2 unspecified atom stereocenters. The van der Waals surface area contributed by atoms with Crippen LogP contribution in [0.2, 0.25) is 0 Å². The Bertz CT molecular complexity index is 280. The van der Waals surface area contributed by atoms with Crippen molar-refractivity contribution in [3.63, 3.8) is 0 Å². The summed E-state index contributed by atoms with van der Waals surface area (Å²) in [6, 6.07) is 10.6. The van der Waals surface area contributed by atoms with E-state index in [1.165, 1.54) is 5.56 Å². The predicted molar refractivity (Wildman–Crippen MR) is 53.6 cm³/mol. The maximum Gasteiger partial charge on any atom is 0.0468 e. The standard InChI is InChI=1S/C12H16O/c1-2-12(8-11(12)9-13)10-6-4-3-5-7-10/h3-7,11,13H,2,8-9H2,1H3. The van der Waals surface area contributed by atoms with Crippen LogP contribution in [0.5, 0.6) is 0 Å². The van der Waals surface area contributed by atoms with Gasteiger partial charge in [-0.15, -0.1) is 0 Å². The minimum atomic E-state index is 0.302.